The molecular weight excluding hydrogens is 429 g/mol. The van der Waals surface area contributed by atoms with Crippen molar-refractivity contribution < 1.29 is 14.0 Å². The van der Waals surface area contributed by atoms with Gasteiger partial charge in [-0.1, -0.05) is 58.0 Å². The minimum atomic E-state index is -0.303. The first-order chi connectivity index (χ1) is 16.2. The Hall–Kier alpha value is -3.15. The van der Waals surface area contributed by atoms with Crippen LogP contribution in [0.4, 0.5) is 4.39 Å². The third-order valence-electron chi connectivity index (χ3n) is 5.82. The third kappa shape index (κ3) is 7.17. The Balaban J connectivity index is 1.77. The molecular formula is C28H36FN3O2. The second-order valence-corrected chi connectivity index (χ2v) is 10.1. The van der Waals surface area contributed by atoms with Gasteiger partial charge in [0.1, 0.15) is 5.82 Å². The molecule has 6 heteroatoms. The van der Waals surface area contributed by atoms with Gasteiger partial charge in [-0.05, 0) is 47.6 Å². The Morgan fingerprint density at radius 3 is 2.32 bits per heavy atom. The van der Waals surface area contributed by atoms with Crippen molar-refractivity contribution in [1.29, 1.82) is 0 Å². The molecule has 0 fully saturated rings. The zero-order chi connectivity index (χ0) is 24.7. The van der Waals surface area contributed by atoms with Crippen LogP contribution in [-0.2, 0) is 22.6 Å². The number of aromatic amines is 1. The summed E-state index contributed by atoms with van der Waals surface area (Å²) in [4.78, 5) is 33.1. The normalized spacial score (nSPS) is 11.6. The first-order valence-corrected chi connectivity index (χ1v) is 12.0. The van der Waals surface area contributed by atoms with Crippen LogP contribution in [0.25, 0.3) is 10.9 Å². The van der Waals surface area contributed by atoms with E-state index in [4.69, 9.17) is 0 Å². The van der Waals surface area contributed by atoms with Crippen LogP contribution in [0.3, 0.4) is 0 Å². The number of nitrogens with zero attached hydrogens (tertiary/aromatic N) is 2. The number of aromatic nitrogens is 1. The summed E-state index contributed by atoms with van der Waals surface area (Å²) in [6.07, 6.45) is 3.85. The molecule has 3 aromatic rings. The lowest BCUT2D eigenvalue weighted by atomic mass is 9.91. The van der Waals surface area contributed by atoms with E-state index in [9.17, 15) is 14.0 Å². The maximum atomic E-state index is 13.4. The van der Waals surface area contributed by atoms with Gasteiger partial charge < -0.3 is 14.8 Å². The molecule has 0 saturated heterocycles. The van der Waals surface area contributed by atoms with Gasteiger partial charge in [-0.2, -0.15) is 0 Å². The molecule has 0 aliphatic rings. The maximum Gasteiger partial charge on any atom is 0.242 e. The largest absolute Gasteiger partial charge is 0.361 e. The molecule has 3 rings (SSSR count). The second-order valence-electron chi connectivity index (χ2n) is 10.1. The SMILES string of the molecule is CCCN(CC(=O)N(CCc1c[nH]c2ccccc12)Cc1ccc(F)cc1)C(=O)CC(C)(C)C. The van der Waals surface area contributed by atoms with E-state index < -0.39 is 0 Å². The summed E-state index contributed by atoms with van der Waals surface area (Å²) in [5.74, 6) is -0.400. The fourth-order valence-corrected chi connectivity index (χ4v) is 4.09. The van der Waals surface area contributed by atoms with Crippen molar-refractivity contribution in [1.82, 2.24) is 14.8 Å². The van der Waals surface area contributed by atoms with Gasteiger partial charge in [-0.15, -0.1) is 0 Å². The molecule has 2 amide bonds. The highest BCUT2D eigenvalue weighted by Gasteiger charge is 2.25. The number of carbonyl (C=O) groups excluding carboxylic acids is 2. The predicted octanol–water partition coefficient (Wildman–Crippen LogP) is 5.55. The Labute approximate surface area is 201 Å². The summed E-state index contributed by atoms with van der Waals surface area (Å²) in [6.45, 7) is 9.57. The van der Waals surface area contributed by atoms with E-state index in [0.29, 0.717) is 32.5 Å². The standard InChI is InChI=1S/C28H36FN3O2/c1-5-15-31(26(33)17-28(2,3)4)20-27(34)32(19-21-10-12-23(29)13-11-21)16-14-22-18-30-25-9-7-6-8-24(22)25/h6-13,18,30H,5,14-17,19-20H2,1-4H3. The number of H-pyrrole nitrogens is 1. The molecule has 2 aromatic carbocycles. The van der Waals surface area contributed by atoms with Crippen molar-refractivity contribution in [2.45, 2.75) is 53.5 Å². The van der Waals surface area contributed by atoms with E-state index in [-0.39, 0.29) is 29.6 Å². The molecule has 0 aliphatic carbocycles. The van der Waals surface area contributed by atoms with Gasteiger partial charge in [0.05, 0.1) is 6.54 Å². The van der Waals surface area contributed by atoms with Crippen LogP contribution in [0.2, 0.25) is 0 Å². The highest BCUT2D eigenvalue weighted by atomic mass is 19.1. The average molecular weight is 466 g/mol. The topological polar surface area (TPSA) is 56.4 Å². The van der Waals surface area contributed by atoms with Crippen molar-refractivity contribution in [2.24, 2.45) is 5.41 Å². The molecule has 0 unspecified atom stereocenters. The molecule has 5 nitrogen and oxygen atoms in total. The predicted molar refractivity (Wildman–Crippen MR) is 135 cm³/mol. The molecule has 0 radical (unpaired) electrons. The van der Waals surface area contributed by atoms with Gasteiger partial charge >= 0.3 is 0 Å². The third-order valence-corrected chi connectivity index (χ3v) is 5.82. The highest BCUT2D eigenvalue weighted by Crippen LogP contribution is 2.21. The van der Waals surface area contributed by atoms with Crippen molar-refractivity contribution >= 4 is 22.7 Å². The number of halogens is 1. The quantitative estimate of drug-likeness (QED) is 0.427. The monoisotopic (exact) mass is 465 g/mol. The average Bonchev–Trinajstić information content (AvgIpc) is 3.19. The van der Waals surface area contributed by atoms with Crippen LogP contribution in [0.1, 0.15) is 51.7 Å². The summed E-state index contributed by atoms with van der Waals surface area (Å²) in [7, 11) is 0. The lowest BCUT2D eigenvalue weighted by molar-refractivity contribution is -0.142. The number of fused-ring (bicyclic) bond motifs is 1. The molecule has 182 valence electrons. The van der Waals surface area contributed by atoms with Crippen LogP contribution in [-0.4, -0.2) is 46.2 Å². The molecule has 1 N–H and O–H groups in total. The van der Waals surface area contributed by atoms with Crippen LogP contribution in [0, 0.1) is 11.2 Å². The summed E-state index contributed by atoms with van der Waals surface area (Å²) in [5, 5.41) is 1.14. The molecule has 0 atom stereocenters. The Morgan fingerprint density at radius 2 is 1.65 bits per heavy atom. The van der Waals surface area contributed by atoms with Crippen molar-refractivity contribution in [3.8, 4) is 0 Å². The summed E-state index contributed by atoms with van der Waals surface area (Å²) < 4.78 is 13.4. The van der Waals surface area contributed by atoms with E-state index in [0.717, 1.165) is 28.5 Å². The lowest BCUT2D eigenvalue weighted by Gasteiger charge is -2.29. The van der Waals surface area contributed by atoms with Gasteiger partial charge in [0.15, 0.2) is 0 Å². The smallest absolute Gasteiger partial charge is 0.242 e. The second kappa shape index (κ2) is 11.3. The number of carbonyl (C=O) groups is 2. The van der Waals surface area contributed by atoms with E-state index in [1.54, 1.807) is 21.9 Å². The molecule has 1 aromatic heterocycles. The number of hydrogen-bond acceptors (Lipinski definition) is 2. The summed E-state index contributed by atoms with van der Waals surface area (Å²) in [5.41, 5.74) is 2.92. The van der Waals surface area contributed by atoms with Crippen molar-refractivity contribution in [3.63, 3.8) is 0 Å². The van der Waals surface area contributed by atoms with E-state index in [1.807, 2.05) is 52.1 Å². The fourth-order valence-electron chi connectivity index (χ4n) is 4.09. The minimum Gasteiger partial charge on any atom is -0.361 e. The molecule has 0 aliphatic heterocycles. The number of hydrogen-bond donors (Lipinski definition) is 1. The number of benzene rings is 2. The highest BCUT2D eigenvalue weighted by molar-refractivity contribution is 5.85. The van der Waals surface area contributed by atoms with Crippen LogP contribution in [0.5, 0.6) is 0 Å². The zero-order valence-corrected chi connectivity index (χ0v) is 20.7. The minimum absolute atomic E-state index is 0.000982. The first-order valence-electron chi connectivity index (χ1n) is 12.0. The summed E-state index contributed by atoms with van der Waals surface area (Å²) >= 11 is 0. The molecule has 34 heavy (non-hydrogen) atoms. The van der Waals surface area contributed by atoms with Gasteiger partial charge in [-0.3, -0.25) is 9.59 Å². The van der Waals surface area contributed by atoms with Gasteiger partial charge in [0.2, 0.25) is 11.8 Å². The molecule has 0 bridgehead atoms. The number of nitrogens with one attached hydrogen (secondary N) is 1. The van der Waals surface area contributed by atoms with E-state index in [1.165, 1.54) is 12.1 Å². The van der Waals surface area contributed by atoms with Crippen LogP contribution in [0.15, 0.2) is 54.7 Å². The number of amides is 2. The maximum absolute atomic E-state index is 13.4. The van der Waals surface area contributed by atoms with Crippen molar-refractivity contribution in [2.75, 3.05) is 19.6 Å². The molecule has 1 heterocycles. The van der Waals surface area contributed by atoms with Crippen LogP contribution >= 0.6 is 0 Å². The molecule has 0 saturated carbocycles. The van der Waals surface area contributed by atoms with Gasteiger partial charge in [0, 0.05) is 43.2 Å². The summed E-state index contributed by atoms with van der Waals surface area (Å²) in [6, 6.07) is 14.3. The Morgan fingerprint density at radius 1 is 0.941 bits per heavy atom. The first kappa shape index (κ1) is 25.5. The van der Waals surface area contributed by atoms with Gasteiger partial charge in [0.25, 0.3) is 0 Å². The Bertz CT molecular complexity index is 1100. The van der Waals surface area contributed by atoms with Gasteiger partial charge in [-0.25, -0.2) is 4.39 Å². The molecule has 0 spiro atoms. The Kier molecular flexibility index (Phi) is 8.48. The fraction of sp³-hybridized carbons (Fsp3) is 0.429. The number of para-hydroxylation sites is 1. The van der Waals surface area contributed by atoms with Crippen LogP contribution < -0.4 is 0 Å². The van der Waals surface area contributed by atoms with Crippen molar-refractivity contribution in [3.05, 3.63) is 71.7 Å². The number of rotatable bonds is 10. The van der Waals surface area contributed by atoms with E-state index >= 15 is 0 Å². The zero-order valence-electron chi connectivity index (χ0n) is 20.7. The lowest BCUT2D eigenvalue weighted by Crippen LogP contribution is -2.44. The van der Waals surface area contributed by atoms with E-state index in [2.05, 4.69) is 11.1 Å².